The highest BCUT2D eigenvalue weighted by Crippen LogP contribution is 2.32. The van der Waals surface area contributed by atoms with Gasteiger partial charge >= 0.3 is 0 Å². The lowest BCUT2D eigenvalue weighted by molar-refractivity contribution is -0.122. The average Bonchev–Trinajstić information content (AvgIpc) is 2.92. The summed E-state index contributed by atoms with van der Waals surface area (Å²) in [6.45, 7) is 4.32. The Bertz CT molecular complexity index is 811. The first-order chi connectivity index (χ1) is 11.8. The van der Waals surface area contributed by atoms with Gasteiger partial charge in [-0.25, -0.2) is 0 Å². The second kappa shape index (κ2) is 7.06. The summed E-state index contributed by atoms with van der Waals surface area (Å²) in [7, 11) is 0. The van der Waals surface area contributed by atoms with Crippen molar-refractivity contribution >= 4 is 46.4 Å². The molecule has 3 rings (SSSR count). The van der Waals surface area contributed by atoms with Crippen LogP contribution in [-0.2, 0) is 9.59 Å². The van der Waals surface area contributed by atoms with Crippen molar-refractivity contribution < 1.29 is 9.59 Å². The van der Waals surface area contributed by atoms with Crippen LogP contribution in [0.15, 0.2) is 36.4 Å². The molecule has 0 aliphatic carbocycles. The molecule has 6 heteroatoms. The molecule has 1 saturated heterocycles. The van der Waals surface area contributed by atoms with Gasteiger partial charge < -0.3 is 10.2 Å². The van der Waals surface area contributed by atoms with Crippen molar-refractivity contribution in [3.63, 3.8) is 0 Å². The van der Waals surface area contributed by atoms with Crippen LogP contribution >= 0.6 is 23.2 Å². The molecule has 1 fully saturated rings. The molecule has 0 aromatic heterocycles. The topological polar surface area (TPSA) is 49.4 Å². The molecule has 1 heterocycles. The number of amides is 2. The van der Waals surface area contributed by atoms with Crippen LogP contribution in [0, 0.1) is 19.8 Å². The molecule has 130 valence electrons. The van der Waals surface area contributed by atoms with Gasteiger partial charge in [0.05, 0.1) is 21.7 Å². The number of aryl methyl sites for hydroxylation is 2. The molecule has 0 bridgehead atoms. The minimum Gasteiger partial charge on any atom is -0.323 e. The summed E-state index contributed by atoms with van der Waals surface area (Å²) in [5.74, 6) is -0.758. The van der Waals surface area contributed by atoms with Crippen molar-refractivity contribution in [1.82, 2.24) is 0 Å². The lowest BCUT2D eigenvalue weighted by Gasteiger charge is -2.18. The fourth-order valence-corrected chi connectivity index (χ4v) is 3.57. The molecule has 2 amide bonds. The van der Waals surface area contributed by atoms with E-state index in [0.29, 0.717) is 22.3 Å². The van der Waals surface area contributed by atoms with Crippen LogP contribution in [0.1, 0.15) is 17.5 Å². The molecular formula is C19H18Cl2N2O2. The van der Waals surface area contributed by atoms with Gasteiger partial charge in [0.15, 0.2) is 0 Å². The summed E-state index contributed by atoms with van der Waals surface area (Å²) in [5, 5.41) is 3.50. The zero-order valence-corrected chi connectivity index (χ0v) is 15.5. The normalized spacial score (nSPS) is 17.0. The molecule has 2 aromatic rings. The van der Waals surface area contributed by atoms with E-state index in [2.05, 4.69) is 5.32 Å². The number of halogens is 2. The number of nitrogens with one attached hydrogen (secondary N) is 1. The Labute approximate surface area is 156 Å². The van der Waals surface area contributed by atoms with E-state index in [-0.39, 0.29) is 18.2 Å². The van der Waals surface area contributed by atoms with Crippen LogP contribution in [0.4, 0.5) is 11.4 Å². The van der Waals surface area contributed by atoms with Crippen molar-refractivity contribution in [2.75, 3.05) is 16.8 Å². The van der Waals surface area contributed by atoms with E-state index in [9.17, 15) is 9.59 Å². The van der Waals surface area contributed by atoms with Crippen molar-refractivity contribution in [2.24, 2.45) is 5.92 Å². The Hall–Kier alpha value is -2.04. The molecule has 0 radical (unpaired) electrons. The van der Waals surface area contributed by atoms with Gasteiger partial charge in [-0.3, -0.25) is 9.59 Å². The molecule has 1 N–H and O–H groups in total. The third-order valence-electron chi connectivity index (χ3n) is 4.22. The quantitative estimate of drug-likeness (QED) is 0.850. The van der Waals surface area contributed by atoms with E-state index >= 15 is 0 Å². The van der Waals surface area contributed by atoms with Gasteiger partial charge in [0, 0.05) is 18.7 Å². The highest BCUT2D eigenvalue weighted by Gasteiger charge is 2.35. The number of anilines is 2. The average molecular weight is 377 g/mol. The van der Waals surface area contributed by atoms with Crippen LogP contribution in [-0.4, -0.2) is 18.4 Å². The van der Waals surface area contributed by atoms with Gasteiger partial charge in [0.1, 0.15) is 0 Å². The van der Waals surface area contributed by atoms with E-state index in [4.69, 9.17) is 23.2 Å². The van der Waals surface area contributed by atoms with Crippen molar-refractivity contribution in [3.8, 4) is 0 Å². The second-order valence-electron chi connectivity index (χ2n) is 6.34. The summed E-state index contributed by atoms with van der Waals surface area (Å²) >= 11 is 12.2. The van der Waals surface area contributed by atoms with Crippen molar-refractivity contribution in [3.05, 3.63) is 57.6 Å². The van der Waals surface area contributed by atoms with E-state index in [0.717, 1.165) is 16.8 Å². The summed E-state index contributed by atoms with van der Waals surface area (Å²) in [4.78, 5) is 26.6. The molecule has 25 heavy (non-hydrogen) atoms. The number of carbonyl (C=O) groups excluding carboxylic acids is 2. The first-order valence-corrected chi connectivity index (χ1v) is 8.74. The highest BCUT2D eigenvalue weighted by molar-refractivity contribution is 6.39. The Kier molecular flexibility index (Phi) is 5.02. The molecule has 1 atom stereocenters. The number of benzene rings is 2. The van der Waals surface area contributed by atoms with Crippen molar-refractivity contribution in [1.29, 1.82) is 0 Å². The minimum absolute atomic E-state index is 0.0598. The van der Waals surface area contributed by atoms with E-state index in [1.165, 1.54) is 0 Å². The maximum Gasteiger partial charge on any atom is 0.229 e. The first-order valence-electron chi connectivity index (χ1n) is 7.98. The third kappa shape index (κ3) is 3.80. The van der Waals surface area contributed by atoms with Gasteiger partial charge in [-0.1, -0.05) is 35.3 Å². The predicted octanol–water partition coefficient (Wildman–Crippen LogP) is 4.60. The summed E-state index contributed by atoms with van der Waals surface area (Å²) in [5.41, 5.74) is 3.37. The lowest BCUT2D eigenvalue weighted by atomic mass is 10.1. The Morgan fingerprint density at radius 1 is 1.12 bits per heavy atom. The van der Waals surface area contributed by atoms with Crippen LogP contribution in [0.5, 0.6) is 0 Å². The predicted molar refractivity (Wildman–Crippen MR) is 101 cm³/mol. The number of carbonyl (C=O) groups is 2. The van der Waals surface area contributed by atoms with E-state index in [1.54, 1.807) is 23.1 Å². The molecule has 1 aliphatic heterocycles. The number of para-hydroxylation sites is 1. The number of hydrogen-bond acceptors (Lipinski definition) is 2. The van der Waals surface area contributed by atoms with E-state index < -0.39 is 5.92 Å². The lowest BCUT2D eigenvalue weighted by Crippen LogP contribution is -2.28. The molecule has 0 spiro atoms. The monoisotopic (exact) mass is 376 g/mol. The smallest absolute Gasteiger partial charge is 0.229 e. The maximum absolute atomic E-state index is 12.6. The molecule has 0 saturated carbocycles. The largest absolute Gasteiger partial charge is 0.323 e. The third-order valence-corrected chi connectivity index (χ3v) is 4.85. The van der Waals surface area contributed by atoms with Gasteiger partial charge in [-0.15, -0.1) is 0 Å². The molecule has 1 unspecified atom stereocenters. The molecule has 1 aliphatic rings. The fraction of sp³-hybridized carbons (Fsp3) is 0.263. The number of nitrogens with zero attached hydrogens (tertiary/aromatic N) is 1. The standard InChI is InChI=1S/C19H18Cl2N2O2/c1-11-6-12(2)8-14(7-11)23-10-13(9-17(23)24)19(25)22-18-15(20)4-3-5-16(18)21/h3-8,13H,9-10H2,1-2H3,(H,22,25). The zero-order valence-electron chi connectivity index (χ0n) is 14.0. The Balaban J connectivity index is 1.77. The van der Waals surface area contributed by atoms with Gasteiger partial charge in [0.25, 0.3) is 0 Å². The number of rotatable bonds is 3. The summed E-state index contributed by atoms with van der Waals surface area (Å²) in [6, 6.07) is 11.0. The molecule has 2 aromatic carbocycles. The summed E-state index contributed by atoms with van der Waals surface area (Å²) in [6.07, 6.45) is 0.168. The number of hydrogen-bond donors (Lipinski definition) is 1. The molecular weight excluding hydrogens is 359 g/mol. The Morgan fingerprint density at radius 3 is 2.32 bits per heavy atom. The first kappa shape index (κ1) is 17.8. The van der Waals surface area contributed by atoms with Crippen molar-refractivity contribution in [2.45, 2.75) is 20.3 Å². The van der Waals surface area contributed by atoms with Gasteiger partial charge in [0.2, 0.25) is 11.8 Å². The minimum atomic E-state index is -0.444. The fourth-order valence-electron chi connectivity index (χ4n) is 3.08. The van der Waals surface area contributed by atoms with Crippen LogP contribution in [0.3, 0.4) is 0 Å². The van der Waals surface area contributed by atoms with E-state index in [1.807, 2.05) is 32.0 Å². The van der Waals surface area contributed by atoms with Crippen LogP contribution < -0.4 is 10.2 Å². The zero-order chi connectivity index (χ0) is 18.1. The van der Waals surface area contributed by atoms with Crippen LogP contribution in [0.25, 0.3) is 0 Å². The van der Waals surface area contributed by atoms with Gasteiger partial charge in [-0.2, -0.15) is 0 Å². The van der Waals surface area contributed by atoms with Crippen LogP contribution in [0.2, 0.25) is 10.0 Å². The summed E-state index contributed by atoms with van der Waals surface area (Å²) < 4.78 is 0. The SMILES string of the molecule is Cc1cc(C)cc(N2CC(C(=O)Nc3c(Cl)cccc3Cl)CC2=O)c1. The van der Waals surface area contributed by atoms with Gasteiger partial charge in [-0.05, 0) is 49.2 Å². The Morgan fingerprint density at radius 2 is 1.72 bits per heavy atom. The highest BCUT2D eigenvalue weighted by atomic mass is 35.5. The molecule has 4 nitrogen and oxygen atoms in total. The second-order valence-corrected chi connectivity index (χ2v) is 7.15. The maximum atomic E-state index is 12.6.